The van der Waals surface area contributed by atoms with Gasteiger partial charge in [-0.3, -0.25) is 4.79 Å². The number of rotatable bonds is 1. The van der Waals surface area contributed by atoms with Crippen molar-refractivity contribution in [3.05, 3.63) is 56.0 Å². The maximum atomic E-state index is 12.3. The molecule has 5 heteroatoms. The first-order valence-corrected chi connectivity index (χ1v) is 8.02. The summed E-state index contributed by atoms with van der Waals surface area (Å²) in [5.41, 5.74) is 5.88. The van der Waals surface area contributed by atoms with Crippen LogP contribution in [0.15, 0.2) is 33.7 Å². The second kappa shape index (κ2) is 5.52. The number of aryl methyl sites for hydroxylation is 2. The quantitative estimate of drug-likeness (QED) is 0.738. The number of carbonyl (C=O) groups excluding carboxylic acids is 1. The fraction of sp³-hybridized carbons (Fsp3) is 0.176. The number of benzene rings is 2. The molecule has 0 fully saturated rings. The van der Waals surface area contributed by atoms with Crippen molar-refractivity contribution in [2.24, 2.45) is 4.99 Å². The highest BCUT2D eigenvalue weighted by Gasteiger charge is 2.29. The van der Waals surface area contributed by atoms with Crippen molar-refractivity contribution in [2.45, 2.75) is 20.8 Å². The van der Waals surface area contributed by atoms with E-state index in [1.54, 1.807) is 0 Å². The minimum Gasteiger partial charge on any atom is -0.320 e. The molecule has 0 radical (unpaired) electrons. The second-order valence-corrected chi connectivity index (χ2v) is 6.64. The highest BCUT2D eigenvalue weighted by atomic mass is 79.9. The van der Waals surface area contributed by atoms with Gasteiger partial charge in [-0.2, -0.15) is 0 Å². The molecule has 1 aliphatic rings. The number of anilines is 1. The molecule has 0 aromatic heterocycles. The fourth-order valence-corrected chi connectivity index (χ4v) is 3.11. The van der Waals surface area contributed by atoms with Crippen LogP contribution in [0.3, 0.4) is 0 Å². The van der Waals surface area contributed by atoms with Crippen molar-refractivity contribution >= 4 is 50.5 Å². The molecule has 1 aliphatic heterocycles. The molecule has 1 amide bonds. The normalized spacial score (nSPS) is 15.1. The van der Waals surface area contributed by atoms with Crippen LogP contribution in [-0.4, -0.2) is 11.6 Å². The third-order valence-corrected chi connectivity index (χ3v) is 5.24. The smallest absolute Gasteiger partial charge is 0.275 e. The minimum atomic E-state index is -0.203. The van der Waals surface area contributed by atoms with Gasteiger partial charge in [0.25, 0.3) is 5.91 Å². The maximum Gasteiger partial charge on any atom is 0.275 e. The van der Waals surface area contributed by atoms with Gasteiger partial charge >= 0.3 is 0 Å². The van der Waals surface area contributed by atoms with Gasteiger partial charge in [0, 0.05) is 10.0 Å². The van der Waals surface area contributed by atoms with Gasteiger partial charge in [-0.25, -0.2) is 4.99 Å². The number of hydrogen-bond donors (Lipinski definition) is 1. The highest BCUT2D eigenvalue weighted by Crippen LogP contribution is 2.38. The largest absolute Gasteiger partial charge is 0.320 e. The molecular formula is C17H14BrClN2O. The zero-order chi connectivity index (χ0) is 16.0. The summed E-state index contributed by atoms with van der Waals surface area (Å²) < 4.78 is 0.759. The lowest BCUT2D eigenvalue weighted by molar-refractivity contribution is -0.110. The summed E-state index contributed by atoms with van der Waals surface area (Å²) in [4.78, 5) is 16.8. The van der Waals surface area contributed by atoms with E-state index in [-0.39, 0.29) is 5.91 Å². The van der Waals surface area contributed by atoms with Crippen LogP contribution < -0.4 is 5.32 Å². The molecule has 3 nitrogen and oxygen atoms in total. The van der Waals surface area contributed by atoms with Crippen LogP contribution in [0.1, 0.15) is 22.3 Å². The van der Waals surface area contributed by atoms with Gasteiger partial charge in [0.2, 0.25) is 0 Å². The maximum absolute atomic E-state index is 12.3. The molecule has 1 heterocycles. The zero-order valence-corrected chi connectivity index (χ0v) is 14.8. The molecule has 0 saturated carbocycles. The molecule has 3 rings (SSSR count). The molecule has 22 heavy (non-hydrogen) atoms. The Morgan fingerprint density at radius 2 is 1.86 bits per heavy atom. The lowest BCUT2D eigenvalue weighted by atomic mass is 10.1. The predicted molar refractivity (Wildman–Crippen MR) is 94.6 cm³/mol. The van der Waals surface area contributed by atoms with E-state index in [0.717, 1.165) is 32.5 Å². The monoisotopic (exact) mass is 376 g/mol. The van der Waals surface area contributed by atoms with Crippen LogP contribution in [0.2, 0.25) is 5.02 Å². The van der Waals surface area contributed by atoms with Crippen molar-refractivity contribution in [3.8, 4) is 0 Å². The van der Waals surface area contributed by atoms with E-state index in [9.17, 15) is 4.79 Å². The minimum absolute atomic E-state index is 0.203. The fourth-order valence-electron chi connectivity index (χ4n) is 2.43. The van der Waals surface area contributed by atoms with Crippen molar-refractivity contribution in [3.63, 3.8) is 0 Å². The Morgan fingerprint density at radius 3 is 2.55 bits per heavy atom. The van der Waals surface area contributed by atoms with Crippen molar-refractivity contribution in [2.75, 3.05) is 5.32 Å². The molecule has 1 N–H and O–H groups in total. The number of halogens is 2. The van der Waals surface area contributed by atoms with Crippen molar-refractivity contribution in [1.29, 1.82) is 0 Å². The van der Waals surface area contributed by atoms with E-state index < -0.39 is 0 Å². The molecule has 0 atom stereocenters. The average Bonchev–Trinajstić information content (AvgIpc) is 2.78. The zero-order valence-electron chi connectivity index (χ0n) is 12.4. The Balaban J connectivity index is 2.16. The lowest BCUT2D eigenvalue weighted by Gasteiger charge is -2.07. The summed E-state index contributed by atoms with van der Waals surface area (Å²) in [7, 11) is 0. The molecule has 0 aliphatic carbocycles. The molecule has 2 aromatic carbocycles. The predicted octanol–water partition coefficient (Wildman–Crippen LogP) is 5.10. The Kier molecular flexibility index (Phi) is 3.83. The van der Waals surface area contributed by atoms with Crippen LogP contribution in [0, 0.1) is 20.8 Å². The number of carbonyl (C=O) groups is 1. The number of fused-ring (bicyclic) bond motifs is 1. The van der Waals surface area contributed by atoms with Gasteiger partial charge in [-0.05, 0) is 71.6 Å². The molecule has 0 saturated heterocycles. The van der Waals surface area contributed by atoms with Crippen LogP contribution in [0.25, 0.3) is 0 Å². The van der Waals surface area contributed by atoms with Crippen LogP contribution in [-0.2, 0) is 4.79 Å². The summed E-state index contributed by atoms with van der Waals surface area (Å²) in [6.45, 7) is 5.96. The van der Waals surface area contributed by atoms with Crippen LogP contribution >= 0.6 is 27.5 Å². The second-order valence-electron chi connectivity index (χ2n) is 5.40. The Labute approximate surface area is 142 Å². The number of hydrogen-bond acceptors (Lipinski definition) is 2. The number of amides is 1. The van der Waals surface area contributed by atoms with E-state index in [0.29, 0.717) is 10.7 Å². The summed E-state index contributed by atoms with van der Waals surface area (Å²) in [5.74, 6) is -0.203. The molecule has 0 bridgehead atoms. The van der Waals surface area contributed by atoms with E-state index in [4.69, 9.17) is 11.6 Å². The third kappa shape index (κ3) is 2.46. The molecule has 112 valence electrons. The molecule has 2 aromatic rings. The summed E-state index contributed by atoms with van der Waals surface area (Å²) >= 11 is 9.64. The van der Waals surface area contributed by atoms with Crippen molar-refractivity contribution < 1.29 is 4.79 Å². The lowest BCUT2D eigenvalue weighted by Crippen LogP contribution is -2.14. The molecular weight excluding hydrogens is 364 g/mol. The van der Waals surface area contributed by atoms with Gasteiger partial charge in [0.05, 0.1) is 16.4 Å². The van der Waals surface area contributed by atoms with Gasteiger partial charge in [-0.15, -0.1) is 0 Å². The molecule has 0 spiro atoms. The molecule has 0 unspecified atom stereocenters. The van der Waals surface area contributed by atoms with E-state index in [1.807, 2.05) is 45.0 Å². The van der Waals surface area contributed by atoms with Gasteiger partial charge in [0.15, 0.2) is 0 Å². The summed E-state index contributed by atoms with van der Waals surface area (Å²) in [6.07, 6.45) is 0. The number of nitrogens with zero attached hydrogens (tertiary/aromatic N) is 1. The highest BCUT2D eigenvalue weighted by molar-refractivity contribution is 9.10. The van der Waals surface area contributed by atoms with Crippen LogP contribution in [0.4, 0.5) is 11.4 Å². The van der Waals surface area contributed by atoms with Gasteiger partial charge in [-0.1, -0.05) is 17.7 Å². The summed E-state index contributed by atoms with van der Waals surface area (Å²) in [6, 6.07) is 7.73. The Hall–Kier alpha value is -1.65. The topological polar surface area (TPSA) is 41.5 Å². The first kappa shape index (κ1) is 15.3. The first-order chi connectivity index (χ1) is 10.4. The SMILES string of the molecule is Cc1ccc(N=C2C(=O)Nc3c2cc(Br)c(Cl)c3C)cc1C. The van der Waals surface area contributed by atoms with Crippen molar-refractivity contribution in [1.82, 2.24) is 0 Å². The van der Waals surface area contributed by atoms with E-state index >= 15 is 0 Å². The number of nitrogens with one attached hydrogen (secondary N) is 1. The Bertz CT molecular complexity index is 843. The third-order valence-electron chi connectivity index (χ3n) is 3.89. The average molecular weight is 378 g/mol. The summed E-state index contributed by atoms with van der Waals surface area (Å²) in [5, 5.41) is 3.46. The first-order valence-electron chi connectivity index (χ1n) is 6.84. The van der Waals surface area contributed by atoms with E-state index in [2.05, 4.69) is 26.2 Å². The number of aliphatic imine (C=N–C) groups is 1. The van der Waals surface area contributed by atoms with Crippen LogP contribution in [0.5, 0.6) is 0 Å². The van der Waals surface area contributed by atoms with Gasteiger partial charge in [0.1, 0.15) is 5.71 Å². The van der Waals surface area contributed by atoms with E-state index in [1.165, 1.54) is 5.56 Å². The standard InChI is InChI=1S/C17H14BrClN2O/c1-8-4-5-11(6-9(8)2)20-16-12-7-13(18)14(19)10(3)15(12)21-17(16)22/h4-7H,1-3H3,(H,20,21,22). The Morgan fingerprint density at radius 1 is 1.14 bits per heavy atom. The van der Waals surface area contributed by atoms with Gasteiger partial charge < -0.3 is 5.32 Å².